The SMILES string of the molecule is CC(C)CC(NC(=O)C(CC(C)C)NC(=O)C(C)NC(=O)C(N)CCCN=C(N)N)C(=O)O. The second kappa shape index (κ2) is 15.0. The summed E-state index contributed by atoms with van der Waals surface area (Å²) < 4.78 is 0. The third kappa shape index (κ3) is 13.3. The first-order valence-electron chi connectivity index (χ1n) is 11.2. The number of aliphatic imine (C=N–C) groups is 1. The third-order valence-corrected chi connectivity index (χ3v) is 4.72. The predicted molar refractivity (Wildman–Crippen MR) is 126 cm³/mol. The van der Waals surface area contributed by atoms with Gasteiger partial charge < -0.3 is 38.3 Å². The molecule has 0 saturated carbocycles. The highest BCUT2D eigenvalue weighted by molar-refractivity contribution is 5.93. The minimum absolute atomic E-state index is 0.0443. The van der Waals surface area contributed by atoms with Crippen LogP contribution in [-0.4, -0.2) is 65.5 Å². The predicted octanol–water partition coefficient (Wildman–Crippen LogP) is -0.982. The summed E-state index contributed by atoms with van der Waals surface area (Å²) in [6.45, 7) is 9.27. The van der Waals surface area contributed by atoms with Gasteiger partial charge in [-0.3, -0.25) is 19.4 Å². The monoisotopic (exact) mass is 471 g/mol. The third-order valence-electron chi connectivity index (χ3n) is 4.72. The lowest BCUT2D eigenvalue weighted by atomic mass is 10.0. The lowest BCUT2D eigenvalue weighted by Crippen LogP contribution is -2.56. The van der Waals surface area contributed by atoms with Gasteiger partial charge in [0.25, 0.3) is 0 Å². The average molecular weight is 472 g/mol. The number of carbonyl (C=O) groups excluding carboxylic acids is 3. The van der Waals surface area contributed by atoms with Gasteiger partial charge in [-0.2, -0.15) is 0 Å². The Morgan fingerprint density at radius 2 is 1.33 bits per heavy atom. The van der Waals surface area contributed by atoms with Gasteiger partial charge in [0.15, 0.2) is 5.96 Å². The van der Waals surface area contributed by atoms with Crippen LogP contribution in [0.25, 0.3) is 0 Å². The first-order valence-corrected chi connectivity index (χ1v) is 11.2. The summed E-state index contributed by atoms with van der Waals surface area (Å²) in [5.41, 5.74) is 16.3. The van der Waals surface area contributed by atoms with Crippen LogP contribution < -0.4 is 33.2 Å². The van der Waals surface area contributed by atoms with Gasteiger partial charge in [-0.1, -0.05) is 27.7 Å². The molecule has 0 radical (unpaired) electrons. The molecule has 0 aliphatic heterocycles. The van der Waals surface area contributed by atoms with Gasteiger partial charge in [0.1, 0.15) is 18.1 Å². The second-order valence-electron chi connectivity index (χ2n) is 9.01. The van der Waals surface area contributed by atoms with Crippen LogP contribution in [0.15, 0.2) is 4.99 Å². The molecule has 0 saturated heterocycles. The molecule has 0 fully saturated rings. The molecule has 4 atom stereocenters. The number of guanidine groups is 1. The van der Waals surface area contributed by atoms with Crippen molar-refractivity contribution in [1.82, 2.24) is 16.0 Å². The van der Waals surface area contributed by atoms with Crippen molar-refractivity contribution in [3.05, 3.63) is 0 Å². The van der Waals surface area contributed by atoms with Crippen molar-refractivity contribution in [3.63, 3.8) is 0 Å². The van der Waals surface area contributed by atoms with Crippen LogP contribution in [0.1, 0.15) is 60.3 Å². The smallest absolute Gasteiger partial charge is 0.326 e. The van der Waals surface area contributed by atoms with E-state index in [1.807, 2.05) is 27.7 Å². The van der Waals surface area contributed by atoms with Crippen molar-refractivity contribution in [3.8, 4) is 0 Å². The van der Waals surface area contributed by atoms with Crippen LogP contribution in [0.5, 0.6) is 0 Å². The van der Waals surface area contributed by atoms with Crippen molar-refractivity contribution in [2.45, 2.75) is 84.5 Å². The Kier molecular flexibility index (Phi) is 13.7. The number of rotatable bonds is 15. The molecule has 0 aromatic carbocycles. The normalized spacial score (nSPS) is 14.7. The standard InChI is InChI=1S/C21H41N7O5/c1-11(2)9-15(19(31)28-16(20(32)33)10-12(3)4)27-17(29)13(5)26-18(30)14(22)7-6-8-25-21(23)24/h11-16H,6-10,22H2,1-5H3,(H,26,30)(H,27,29)(H,28,31)(H,32,33)(H4,23,24,25). The van der Waals surface area contributed by atoms with Gasteiger partial charge in [-0.25, -0.2) is 4.79 Å². The van der Waals surface area contributed by atoms with E-state index >= 15 is 0 Å². The molecular formula is C21H41N7O5. The van der Waals surface area contributed by atoms with Crippen LogP contribution in [0.4, 0.5) is 0 Å². The maximum Gasteiger partial charge on any atom is 0.326 e. The van der Waals surface area contributed by atoms with E-state index in [0.717, 1.165) is 0 Å². The largest absolute Gasteiger partial charge is 0.480 e. The van der Waals surface area contributed by atoms with Gasteiger partial charge >= 0.3 is 5.97 Å². The van der Waals surface area contributed by atoms with Crippen molar-refractivity contribution < 1.29 is 24.3 Å². The summed E-state index contributed by atoms with van der Waals surface area (Å²) >= 11 is 0. The Bertz CT molecular complexity index is 692. The van der Waals surface area contributed by atoms with E-state index in [-0.39, 0.29) is 24.2 Å². The number of aliphatic carboxylic acids is 1. The number of carboxylic acids is 1. The second-order valence-corrected chi connectivity index (χ2v) is 9.01. The van der Waals surface area contributed by atoms with E-state index in [4.69, 9.17) is 17.2 Å². The topological polar surface area (TPSA) is 215 Å². The number of nitrogens with zero attached hydrogens (tertiary/aromatic N) is 1. The van der Waals surface area contributed by atoms with Crippen molar-refractivity contribution in [2.24, 2.45) is 34.0 Å². The highest BCUT2D eigenvalue weighted by Crippen LogP contribution is 2.09. The molecule has 0 heterocycles. The fourth-order valence-electron chi connectivity index (χ4n) is 3.00. The molecule has 0 aliphatic carbocycles. The molecule has 0 aromatic heterocycles. The van der Waals surface area contributed by atoms with Crippen molar-refractivity contribution in [2.75, 3.05) is 6.54 Å². The average Bonchev–Trinajstić information content (AvgIpc) is 2.68. The molecule has 10 N–H and O–H groups in total. The Labute approximate surface area is 195 Å². The number of amides is 3. The Balaban J connectivity index is 4.98. The molecule has 3 amide bonds. The van der Waals surface area contributed by atoms with E-state index in [1.54, 1.807) is 0 Å². The molecule has 0 bridgehead atoms. The highest BCUT2D eigenvalue weighted by atomic mass is 16.4. The summed E-state index contributed by atoms with van der Waals surface area (Å²) in [4.78, 5) is 52.9. The van der Waals surface area contributed by atoms with Crippen molar-refractivity contribution >= 4 is 29.7 Å². The number of nitrogens with two attached hydrogens (primary N) is 3. The molecule has 190 valence electrons. The minimum atomic E-state index is -1.14. The van der Waals surface area contributed by atoms with E-state index in [9.17, 15) is 24.3 Å². The highest BCUT2D eigenvalue weighted by Gasteiger charge is 2.29. The summed E-state index contributed by atoms with van der Waals surface area (Å²) in [6.07, 6.45) is 1.38. The first kappa shape index (κ1) is 30.1. The van der Waals surface area contributed by atoms with Gasteiger partial charge in [0.05, 0.1) is 6.04 Å². The number of carboxylic acid groups (broad SMARTS) is 1. The van der Waals surface area contributed by atoms with Gasteiger partial charge in [0.2, 0.25) is 17.7 Å². The molecule has 12 heteroatoms. The molecule has 0 aromatic rings. The van der Waals surface area contributed by atoms with Gasteiger partial charge in [-0.15, -0.1) is 0 Å². The van der Waals surface area contributed by atoms with E-state index in [1.165, 1.54) is 6.92 Å². The molecule has 0 spiro atoms. The Hall–Kier alpha value is -2.89. The van der Waals surface area contributed by atoms with E-state index in [0.29, 0.717) is 25.8 Å². The lowest BCUT2D eigenvalue weighted by molar-refractivity contribution is -0.143. The quantitative estimate of drug-likeness (QED) is 0.0892. The maximum absolute atomic E-state index is 12.7. The number of nitrogens with one attached hydrogen (secondary N) is 3. The number of hydrogen-bond donors (Lipinski definition) is 7. The summed E-state index contributed by atoms with van der Waals surface area (Å²) in [5.74, 6) is -2.75. The molecule has 12 nitrogen and oxygen atoms in total. The molecule has 0 rings (SSSR count). The van der Waals surface area contributed by atoms with Gasteiger partial charge in [-0.05, 0) is 44.4 Å². The van der Waals surface area contributed by atoms with Crippen LogP contribution in [0, 0.1) is 11.8 Å². The number of carbonyl (C=O) groups is 4. The summed E-state index contributed by atoms with van der Waals surface area (Å²) in [5, 5.41) is 17.0. The van der Waals surface area contributed by atoms with Crippen LogP contribution in [0.2, 0.25) is 0 Å². The van der Waals surface area contributed by atoms with Crippen molar-refractivity contribution in [1.29, 1.82) is 0 Å². The Morgan fingerprint density at radius 3 is 1.82 bits per heavy atom. The zero-order valence-electron chi connectivity index (χ0n) is 20.3. The Morgan fingerprint density at radius 1 is 0.818 bits per heavy atom. The lowest BCUT2D eigenvalue weighted by Gasteiger charge is -2.25. The van der Waals surface area contributed by atoms with Crippen LogP contribution in [0.3, 0.4) is 0 Å². The zero-order chi connectivity index (χ0) is 25.7. The minimum Gasteiger partial charge on any atom is -0.480 e. The molecule has 4 unspecified atom stereocenters. The van der Waals surface area contributed by atoms with E-state index in [2.05, 4.69) is 20.9 Å². The van der Waals surface area contributed by atoms with Crippen LogP contribution >= 0.6 is 0 Å². The molecular weight excluding hydrogens is 430 g/mol. The maximum atomic E-state index is 12.7. The fraction of sp³-hybridized carbons (Fsp3) is 0.762. The first-order chi connectivity index (χ1) is 15.2. The van der Waals surface area contributed by atoms with Gasteiger partial charge in [0, 0.05) is 6.54 Å². The zero-order valence-corrected chi connectivity index (χ0v) is 20.3. The number of hydrogen-bond acceptors (Lipinski definition) is 6. The van der Waals surface area contributed by atoms with E-state index < -0.39 is 47.9 Å². The fourth-order valence-corrected chi connectivity index (χ4v) is 3.00. The summed E-state index contributed by atoms with van der Waals surface area (Å²) in [6, 6.07) is -3.80. The molecule has 33 heavy (non-hydrogen) atoms. The van der Waals surface area contributed by atoms with Crippen LogP contribution in [-0.2, 0) is 19.2 Å². The summed E-state index contributed by atoms with van der Waals surface area (Å²) in [7, 11) is 0. The molecule has 0 aliphatic rings.